The quantitative estimate of drug-likeness (QED) is 0.281. The van der Waals surface area contributed by atoms with Crippen LogP contribution in [-0.4, -0.2) is 31.2 Å². The fraction of sp³-hybridized carbons (Fsp3) is 0.462. The molecule has 0 aliphatic heterocycles. The van der Waals surface area contributed by atoms with Crippen molar-refractivity contribution in [1.29, 1.82) is 0 Å². The Morgan fingerprint density at radius 3 is 2.31 bits per heavy atom. The molecule has 1 unspecified atom stereocenters. The molecule has 6 heteroatoms. The number of nitrogens with one attached hydrogen (secondary N) is 1. The summed E-state index contributed by atoms with van der Waals surface area (Å²) in [7, 11) is 2.21. The number of benzene rings is 2. The second-order valence-electron chi connectivity index (χ2n) is 7.96. The number of rotatable bonds is 15. The number of ether oxygens (including phenoxy) is 2. The van der Waals surface area contributed by atoms with Crippen molar-refractivity contribution < 1.29 is 19.1 Å². The van der Waals surface area contributed by atoms with E-state index in [0.717, 1.165) is 29.9 Å². The number of carbonyl (C=O) groups is 2. The van der Waals surface area contributed by atoms with Crippen LogP contribution in [0.4, 0.5) is 0 Å². The molecule has 0 saturated heterocycles. The first-order valence-electron chi connectivity index (χ1n) is 11.5. The molecule has 0 bridgehead atoms. The smallest absolute Gasteiger partial charge is 0.216 e. The molecule has 1 N–H and O–H groups in total. The minimum absolute atomic E-state index is 0.0607. The first kappa shape index (κ1) is 25.9. The maximum Gasteiger partial charge on any atom is 0.216 e. The molecule has 2 aromatic carbocycles. The van der Waals surface area contributed by atoms with Crippen LogP contribution in [0, 0.1) is 0 Å². The van der Waals surface area contributed by atoms with Crippen LogP contribution in [0.1, 0.15) is 73.9 Å². The molecule has 0 aliphatic rings. The van der Waals surface area contributed by atoms with Gasteiger partial charge in [0.2, 0.25) is 5.91 Å². The Hall–Kier alpha value is -2.39. The molecule has 0 heterocycles. The summed E-state index contributed by atoms with van der Waals surface area (Å²) in [4.78, 5) is 22.8. The summed E-state index contributed by atoms with van der Waals surface area (Å²) in [6.45, 7) is 5.26. The average molecular weight is 458 g/mol. The van der Waals surface area contributed by atoms with E-state index in [2.05, 4.69) is 21.5 Å². The van der Waals surface area contributed by atoms with E-state index in [1.807, 2.05) is 36.4 Å². The summed E-state index contributed by atoms with van der Waals surface area (Å²) in [6.07, 6.45) is 8.12. The third kappa shape index (κ3) is 9.82. The first-order chi connectivity index (χ1) is 15.5. The molecule has 1 amide bonds. The Morgan fingerprint density at radius 1 is 0.906 bits per heavy atom. The molecule has 0 radical (unpaired) electrons. The molecule has 0 spiro atoms. The van der Waals surface area contributed by atoms with Crippen molar-refractivity contribution in [2.75, 3.05) is 19.8 Å². The van der Waals surface area contributed by atoms with Crippen LogP contribution in [0.25, 0.3) is 0 Å². The van der Waals surface area contributed by atoms with Crippen LogP contribution in [0.3, 0.4) is 0 Å². The highest BCUT2D eigenvalue weighted by Gasteiger charge is 2.10. The SMILES string of the molecule is CCCCCCCCOc1ccc(Cc2cc(C(=O)P)ccc2OCCNC(C)=O)cc1. The second kappa shape index (κ2) is 14.6. The van der Waals surface area contributed by atoms with Crippen LogP contribution >= 0.6 is 9.24 Å². The van der Waals surface area contributed by atoms with E-state index in [4.69, 9.17) is 9.47 Å². The molecule has 1 atom stereocenters. The number of amides is 1. The lowest BCUT2D eigenvalue weighted by atomic mass is 10.0. The molecule has 0 aromatic heterocycles. The van der Waals surface area contributed by atoms with Crippen LogP contribution in [0.2, 0.25) is 0 Å². The lowest BCUT2D eigenvalue weighted by Gasteiger charge is -2.13. The third-order valence-electron chi connectivity index (χ3n) is 5.16. The van der Waals surface area contributed by atoms with Gasteiger partial charge in [0.1, 0.15) is 18.1 Å². The minimum atomic E-state index is -0.0865. The van der Waals surface area contributed by atoms with Gasteiger partial charge in [-0.2, -0.15) is 0 Å². The first-order valence-corrected chi connectivity index (χ1v) is 12.1. The van der Waals surface area contributed by atoms with E-state index >= 15 is 0 Å². The average Bonchev–Trinajstić information content (AvgIpc) is 2.77. The van der Waals surface area contributed by atoms with Crippen LogP contribution < -0.4 is 14.8 Å². The molecule has 5 nitrogen and oxygen atoms in total. The van der Waals surface area contributed by atoms with Crippen molar-refractivity contribution in [2.24, 2.45) is 0 Å². The predicted octanol–water partition coefficient (Wildman–Crippen LogP) is 5.55. The Bertz CT molecular complexity index is 851. The van der Waals surface area contributed by atoms with E-state index in [9.17, 15) is 9.59 Å². The summed E-state index contributed by atoms with van der Waals surface area (Å²) >= 11 is 0. The highest BCUT2D eigenvalue weighted by Crippen LogP contribution is 2.25. The lowest BCUT2D eigenvalue weighted by molar-refractivity contribution is -0.119. The largest absolute Gasteiger partial charge is 0.494 e. The lowest BCUT2D eigenvalue weighted by Crippen LogP contribution is -2.25. The van der Waals surface area contributed by atoms with Gasteiger partial charge in [-0.05, 0) is 47.9 Å². The van der Waals surface area contributed by atoms with Gasteiger partial charge in [-0.25, -0.2) is 0 Å². The molecule has 2 aromatic rings. The summed E-state index contributed by atoms with van der Waals surface area (Å²) in [5.41, 5.74) is 2.60. The van der Waals surface area contributed by atoms with Gasteiger partial charge >= 0.3 is 0 Å². The van der Waals surface area contributed by atoms with Gasteiger partial charge in [-0.1, -0.05) is 60.4 Å². The zero-order valence-corrected chi connectivity index (χ0v) is 20.5. The highest BCUT2D eigenvalue weighted by atomic mass is 31.0. The Labute approximate surface area is 194 Å². The van der Waals surface area contributed by atoms with E-state index in [1.165, 1.54) is 39.0 Å². The van der Waals surface area contributed by atoms with Crippen LogP contribution in [0.15, 0.2) is 42.5 Å². The van der Waals surface area contributed by atoms with Gasteiger partial charge in [-0.15, -0.1) is 0 Å². The fourth-order valence-corrected chi connectivity index (χ4v) is 3.58. The Kier molecular flexibility index (Phi) is 11.8. The van der Waals surface area contributed by atoms with Gasteiger partial charge in [0, 0.05) is 18.9 Å². The topological polar surface area (TPSA) is 64.6 Å². The van der Waals surface area contributed by atoms with Crippen molar-refractivity contribution in [3.8, 4) is 11.5 Å². The maximum atomic E-state index is 11.8. The zero-order valence-electron chi connectivity index (χ0n) is 19.3. The van der Waals surface area contributed by atoms with Crippen LogP contribution in [-0.2, 0) is 11.2 Å². The molecule has 0 saturated carbocycles. The monoisotopic (exact) mass is 457 g/mol. The van der Waals surface area contributed by atoms with Crippen LogP contribution in [0.5, 0.6) is 11.5 Å². The Morgan fingerprint density at radius 2 is 1.62 bits per heavy atom. The van der Waals surface area contributed by atoms with E-state index in [-0.39, 0.29) is 11.4 Å². The van der Waals surface area contributed by atoms with Crippen molar-refractivity contribution in [3.05, 3.63) is 59.2 Å². The van der Waals surface area contributed by atoms with Crippen molar-refractivity contribution in [2.45, 2.75) is 58.8 Å². The fourth-order valence-electron chi connectivity index (χ4n) is 3.40. The minimum Gasteiger partial charge on any atom is -0.494 e. The molecular weight excluding hydrogens is 421 g/mol. The second-order valence-corrected chi connectivity index (χ2v) is 8.48. The van der Waals surface area contributed by atoms with E-state index < -0.39 is 0 Å². The predicted molar refractivity (Wildman–Crippen MR) is 133 cm³/mol. The summed E-state index contributed by atoms with van der Waals surface area (Å²) < 4.78 is 11.7. The Balaban J connectivity index is 1.92. The normalized spacial score (nSPS) is 10.6. The van der Waals surface area contributed by atoms with Gasteiger partial charge in [-0.3, -0.25) is 9.59 Å². The highest BCUT2D eigenvalue weighted by molar-refractivity contribution is 7.41. The van der Waals surface area contributed by atoms with Gasteiger partial charge in [0.15, 0.2) is 5.52 Å². The number of hydrogen-bond acceptors (Lipinski definition) is 4. The number of hydrogen-bond donors (Lipinski definition) is 1. The molecule has 0 fully saturated rings. The molecule has 174 valence electrons. The van der Waals surface area contributed by atoms with E-state index in [1.54, 1.807) is 6.07 Å². The standard InChI is InChI=1S/C26H36NO4P/c1-3-4-5-6-7-8-16-30-24-12-9-21(10-13-24)18-23-19-22(26(29)32)11-14-25(23)31-17-15-27-20(2)28/h9-14,19H,3-8,15-18,32H2,1-2H3,(H,27,28). The van der Waals surface area contributed by atoms with Gasteiger partial charge in [0.05, 0.1) is 13.2 Å². The van der Waals surface area contributed by atoms with Gasteiger partial charge < -0.3 is 14.8 Å². The number of unbranched alkanes of at least 4 members (excludes halogenated alkanes) is 5. The summed E-state index contributed by atoms with van der Waals surface area (Å²) in [5, 5.41) is 2.72. The zero-order chi connectivity index (χ0) is 23.2. The molecular formula is C26H36NO4P. The van der Waals surface area contributed by atoms with Crippen molar-refractivity contribution in [3.63, 3.8) is 0 Å². The van der Waals surface area contributed by atoms with Crippen molar-refractivity contribution >= 4 is 20.7 Å². The summed E-state index contributed by atoms with van der Waals surface area (Å²) in [6, 6.07) is 13.5. The van der Waals surface area contributed by atoms with E-state index in [0.29, 0.717) is 30.9 Å². The molecule has 32 heavy (non-hydrogen) atoms. The number of carbonyl (C=O) groups excluding carboxylic acids is 2. The molecule has 2 rings (SSSR count). The van der Waals surface area contributed by atoms with Crippen molar-refractivity contribution in [1.82, 2.24) is 5.32 Å². The molecule has 0 aliphatic carbocycles. The van der Waals surface area contributed by atoms with Gasteiger partial charge in [0.25, 0.3) is 0 Å². The third-order valence-corrected chi connectivity index (χ3v) is 5.50. The summed E-state index contributed by atoms with van der Waals surface area (Å²) in [5.74, 6) is 1.51. The maximum absolute atomic E-state index is 11.8.